The Morgan fingerprint density at radius 2 is 2.06 bits per heavy atom. The summed E-state index contributed by atoms with van der Waals surface area (Å²) in [6.45, 7) is 7.43. The summed E-state index contributed by atoms with van der Waals surface area (Å²) in [6.07, 6.45) is 0.867. The topological polar surface area (TPSA) is 20.3 Å². The summed E-state index contributed by atoms with van der Waals surface area (Å²) >= 11 is 7.75. The molecule has 0 radical (unpaired) electrons. The Hall–Kier alpha value is -0.510. The van der Waals surface area contributed by atoms with Crippen LogP contribution in [-0.2, 0) is 0 Å². The van der Waals surface area contributed by atoms with E-state index in [-0.39, 0.29) is 0 Å². The zero-order chi connectivity index (χ0) is 12.7. The van der Waals surface area contributed by atoms with Crippen LogP contribution in [0.2, 0.25) is 5.02 Å². The summed E-state index contributed by atoms with van der Waals surface area (Å²) in [5, 5.41) is 0.666. The third kappa shape index (κ3) is 4.34. The van der Waals surface area contributed by atoms with E-state index < -0.39 is 0 Å². The van der Waals surface area contributed by atoms with E-state index in [9.17, 15) is 4.79 Å². The molecule has 17 heavy (non-hydrogen) atoms. The zero-order valence-corrected chi connectivity index (χ0v) is 11.9. The van der Waals surface area contributed by atoms with Crippen molar-refractivity contribution in [2.75, 3.05) is 25.4 Å². The van der Waals surface area contributed by atoms with Crippen molar-refractivity contribution in [1.29, 1.82) is 0 Å². The molecule has 0 spiro atoms. The van der Waals surface area contributed by atoms with Crippen LogP contribution in [0.25, 0.3) is 0 Å². The molecule has 0 atom stereocenters. The van der Waals surface area contributed by atoms with Gasteiger partial charge in [0.05, 0.1) is 5.02 Å². The van der Waals surface area contributed by atoms with E-state index in [0.29, 0.717) is 10.6 Å². The fourth-order valence-electron chi connectivity index (χ4n) is 1.59. The molecule has 2 nitrogen and oxygen atoms in total. The molecule has 1 rings (SSSR count). The van der Waals surface area contributed by atoms with Gasteiger partial charge < -0.3 is 4.90 Å². The van der Waals surface area contributed by atoms with Crippen molar-refractivity contribution in [2.45, 2.75) is 18.7 Å². The van der Waals surface area contributed by atoms with Crippen LogP contribution >= 0.6 is 23.4 Å². The number of hydrogen-bond acceptors (Lipinski definition) is 3. The summed E-state index contributed by atoms with van der Waals surface area (Å²) in [7, 11) is 0. The average Bonchev–Trinajstić information content (AvgIpc) is 2.36. The van der Waals surface area contributed by atoms with Crippen LogP contribution in [0.4, 0.5) is 0 Å². The van der Waals surface area contributed by atoms with Crippen LogP contribution in [0.1, 0.15) is 24.2 Å². The quantitative estimate of drug-likeness (QED) is 0.558. The second-order valence-corrected chi connectivity index (χ2v) is 5.16. The molecule has 94 valence electrons. The molecule has 0 heterocycles. The van der Waals surface area contributed by atoms with Gasteiger partial charge in [-0.2, -0.15) is 0 Å². The van der Waals surface area contributed by atoms with Crippen molar-refractivity contribution in [1.82, 2.24) is 4.90 Å². The fraction of sp³-hybridized carbons (Fsp3) is 0.462. The van der Waals surface area contributed by atoms with Gasteiger partial charge in [-0.1, -0.05) is 37.6 Å². The molecule has 1 aromatic rings. The lowest BCUT2D eigenvalue weighted by Crippen LogP contribution is -2.25. The van der Waals surface area contributed by atoms with Gasteiger partial charge >= 0.3 is 0 Å². The van der Waals surface area contributed by atoms with Crippen molar-refractivity contribution in [3.8, 4) is 0 Å². The molecule has 4 heteroatoms. The summed E-state index contributed by atoms with van der Waals surface area (Å²) in [5.41, 5.74) is 0.682. The smallest absolute Gasteiger partial charge is 0.151 e. The molecular formula is C13H18ClNOS. The van der Waals surface area contributed by atoms with Gasteiger partial charge in [-0.05, 0) is 19.2 Å². The van der Waals surface area contributed by atoms with Crippen LogP contribution in [0.15, 0.2) is 23.1 Å². The SMILES string of the molecule is CCN(CC)CCSc1c(Cl)cccc1C=O. The number of rotatable bonds is 7. The molecule has 0 aromatic heterocycles. The Bertz CT molecular complexity index is 366. The molecule has 0 aliphatic heterocycles. The third-order valence-corrected chi connectivity index (χ3v) is 4.23. The van der Waals surface area contributed by atoms with Gasteiger partial charge in [-0.25, -0.2) is 0 Å². The number of halogens is 1. The van der Waals surface area contributed by atoms with Crippen molar-refractivity contribution < 1.29 is 4.79 Å². The predicted octanol–water partition coefficient (Wildman–Crippen LogP) is 3.59. The highest BCUT2D eigenvalue weighted by atomic mass is 35.5. The minimum atomic E-state index is 0.666. The average molecular weight is 272 g/mol. The summed E-state index contributed by atoms with van der Waals surface area (Å²) < 4.78 is 0. The van der Waals surface area contributed by atoms with E-state index in [0.717, 1.165) is 36.6 Å². The lowest BCUT2D eigenvalue weighted by molar-refractivity contribution is 0.112. The second kappa shape index (κ2) is 7.75. The highest BCUT2D eigenvalue weighted by molar-refractivity contribution is 7.99. The first-order chi connectivity index (χ1) is 8.22. The van der Waals surface area contributed by atoms with E-state index in [2.05, 4.69) is 18.7 Å². The maximum atomic E-state index is 10.9. The Morgan fingerprint density at radius 3 is 2.65 bits per heavy atom. The molecule has 0 unspecified atom stereocenters. The number of thioether (sulfide) groups is 1. The third-order valence-electron chi connectivity index (χ3n) is 2.67. The highest BCUT2D eigenvalue weighted by Crippen LogP contribution is 2.29. The number of carbonyl (C=O) groups is 1. The van der Waals surface area contributed by atoms with Crippen LogP contribution in [0.3, 0.4) is 0 Å². The molecule has 0 saturated carbocycles. The Kier molecular flexibility index (Phi) is 6.63. The molecular weight excluding hydrogens is 254 g/mol. The minimum absolute atomic E-state index is 0.666. The van der Waals surface area contributed by atoms with Crippen molar-refractivity contribution >= 4 is 29.6 Å². The first-order valence-corrected chi connectivity index (χ1v) is 7.18. The summed E-state index contributed by atoms with van der Waals surface area (Å²) in [6, 6.07) is 5.44. The number of benzene rings is 1. The number of nitrogens with zero attached hydrogens (tertiary/aromatic N) is 1. The summed E-state index contributed by atoms with van der Waals surface area (Å²) in [5.74, 6) is 0.951. The number of aldehydes is 1. The van der Waals surface area contributed by atoms with Gasteiger partial charge in [0.2, 0.25) is 0 Å². The fourth-order valence-corrected chi connectivity index (χ4v) is 2.98. The Labute approximate surface area is 112 Å². The van der Waals surface area contributed by atoms with Gasteiger partial charge in [0.25, 0.3) is 0 Å². The Morgan fingerprint density at radius 1 is 1.35 bits per heavy atom. The molecule has 1 aromatic carbocycles. The van der Waals surface area contributed by atoms with Crippen molar-refractivity contribution in [3.63, 3.8) is 0 Å². The largest absolute Gasteiger partial charge is 0.303 e. The van der Waals surface area contributed by atoms with Gasteiger partial charge in [-0.3, -0.25) is 4.79 Å². The predicted molar refractivity (Wildman–Crippen MR) is 75.4 cm³/mol. The normalized spacial score (nSPS) is 10.8. The Balaban J connectivity index is 2.59. The van der Waals surface area contributed by atoms with E-state index in [1.165, 1.54) is 0 Å². The molecule has 0 aliphatic carbocycles. The molecule has 0 fully saturated rings. The summed E-state index contributed by atoms with van der Waals surface area (Å²) in [4.78, 5) is 14.2. The molecule has 0 bridgehead atoms. The first-order valence-electron chi connectivity index (χ1n) is 5.81. The van der Waals surface area contributed by atoms with Gasteiger partial charge in [0.1, 0.15) is 0 Å². The lowest BCUT2D eigenvalue weighted by atomic mass is 10.2. The molecule has 0 aliphatic rings. The van der Waals surface area contributed by atoms with Crippen molar-refractivity contribution in [3.05, 3.63) is 28.8 Å². The van der Waals surface area contributed by atoms with Gasteiger partial charge in [-0.15, -0.1) is 11.8 Å². The maximum Gasteiger partial charge on any atom is 0.151 e. The lowest BCUT2D eigenvalue weighted by Gasteiger charge is -2.17. The number of hydrogen-bond donors (Lipinski definition) is 0. The monoisotopic (exact) mass is 271 g/mol. The molecule has 0 saturated heterocycles. The van der Waals surface area contributed by atoms with Crippen LogP contribution in [0.5, 0.6) is 0 Å². The highest BCUT2D eigenvalue weighted by Gasteiger charge is 2.07. The van der Waals surface area contributed by atoms with Crippen LogP contribution in [-0.4, -0.2) is 36.6 Å². The van der Waals surface area contributed by atoms with E-state index in [4.69, 9.17) is 11.6 Å². The number of carbonyl (C=O) groups excluding carboxylic acids is 1. The van der Waals surface area contributed by atoms with Crippen molar-refractivity contribution in [2.24, 2.45) is 0 Å². The van der Waals surface area contributed by atoms with E-state index in [1.54, 1.807) is 23.9 Å². The molecule has 0 N–H and O–H groups in total. The van der Waals surface area contributed by atoms with Gasteiger partial charge in [0.15, 0.2) is 6.29 Å². The molecule has 0 amide bonds. The second-order valence-electron chi connectivity index (χ2n) is 3.65. The van der Waals surface area contributed by atoms with Gasteiger partial charge in [0, 0.05) is 22.8 Å². The standard InChI is InChI=1S/C13H18ClNOS/c1-3-15(4-2)8-9-17-13-11(10-16)6-5-7-12(13)14/h5-7,10H,3-4,8-9H2,1-2H3. The van der Waals surface area contributed by atoms with E-state index in [1.807, 2.05) is 6.07 Å². The zero-order valence-electron chi connectivity index (χ0n) is 10.3. The van der Waals surface area contributed by atoms with Crippen LogP contribution in [0, 0.1) is 0 Å². The minimum Gasteiger partial charge on any atom is -0.303 e. The van der Waals surface area contributed by atoms with E-state index >= 15 is 0 Å². The van der Waals surface area contributed by atoms with Crippen LogP contribution < -0.4 is 0 Å². The maximum absolute atomic E-state index is 10.9. The first kappa shape index (κ1) is 14.6.